The molecule has 1 saturated heterocycles. The SMILES string of the molecule is CN1N[C@@](C)(c2cccc(Br)c2)NC1=S. The maximum Gasteiger partial charge on any atom is 0.185 e. The monoisotopic (exact) mass is 285 g/mol. The fraction of sp³-hybridized carbons (Fsp3) is 0.300. The number of nitrogens with zero attached hydrogens (tertiary/aromatic N) is 1. The van der Waals surface area contributed by atoms with Crippen molar-refractivity contribution in [2.24, 2.45) is 0 Å². The highest BCUT2D eigenvalue weighted by atomic mass is 79.9. The summed E-state index contributed by atoms with van der Waals surface area (Å²) in [5.74, 6) is 0. The van der Waals surface area contributed by atoms with E-state index >= 15 is 0 Å². The summed E-state index contributed by atoms with van der Waals surface area (Å²) < 4.78 is 1.06. The molecule has 0 aliphatic carbocycles. The maximum atomic E-state index is 5.16. The van der Waals surface area contributed by atoms with Crippen molar-refractivity contribution < 1.29 is 0 Å². The zero-order valence-corrected chi connectivity index (χ0v) is 10.9. The molecule has 1 aliphatic heterocycles. The summed E-state index contributed by atoms with van der Waals surface area (Å²) in [6, 6.07) is 8.15. The Morgan fingerprint density at radius 2 is 2.20 bits per heavy atom. The fourth-order valence-electron chi connectivity index (χ4n) is 1.65. The van der Waals surface area contributed by atoms with E-state index in [9.17, 15) is 0 Å². The van der Waals surface area contributed by atoms with E-state index in [1.807, 2.05) is 24.2 Å². The lowest BCUT2D eigenvalue weighted by Gasteiger charge is -2.25. The summed E-state index contributed by atoms with van der Waals surface area (Å²) in [5.41, 5.74) is 4.10. The second kappa shape index (κ2) is 3.73. The van der Waals surface area contributed by atoms with Crippen LogP contribution in [0.3, 0.4) is 0 Å². The maximum absolute atomic E-state index is 5.16. The molecule has 0 spiro atoms. The molecule has 1 aromatic carbocycles. The Labute approximate surface area is 103 Å². The average molecular weight is 286 g/mol. The van der Waals surface area contributed by atoms with Gasteiger partial charge in [0.15, 0.2) is 5.11 Å². The summed E-state index contributed by atoms with van der Waals surface area (Å²) in [5, 5.41) is 5.77. The van der Waals surface area contributed by atoms with Gasteiger partial charge in [0.25, 0.3) is 0 Å². The molecule has 15 heavy (non-hydrogen) atoms. The zero-order chi connectivity index (χ0) is 11.1. The van der Waals surface area contributed by atoms with Gasteiger partial charge >= 0.3 is 0 Å². The lowest BCUT2D eigenvalue weighted by atomic mass is 10.0. The number of halogens is 1. The van der Waals surface area contributed by atoms with Gasteiger partial charge in [-0.1, -0.05) is 28.1 Å². The van der Waals surface area contributed by atoms with Gasteiger partial charge in [-0.25, -0.2) is 5.43 Å². The molecule has 3 nitrogen and oxygen atoms in total. The number of hydrazine groups is 1. The van der Waals surface area contributed by atoms with E-state index in [0.717, 1.165) is 10.0 Å². The first-order valence-electron chi connectivity index (χ1n) is 4.61. The van der Waals surface area contributed by atoms with Gasteiger partial charge in [0, 0.05) is 11.5 Å². The Kier molecular flexibility index (Phi) is 2.70. The number of nitrogens with one attached hydrogen (secondary N) is 2. The number of hydrogen-bond donors (Lipinski definition) is 2. The second-order valence-corrected chi connectivity index (χ2v) is 5.04. The highest BCUT2D eigenvalue weighted by Gasteiger charge is 2.35. The van der Waals surface area contributed by atoms with Crippen molar-refractivity contribution in [2.75, 3.05) is 7.05 Å². The van der Waals surface area contributed by atoms with E-state index in [0.29, 0.717) is 5.11 Å². The first kappa shape index (κ1) is 10.9. The standard InChI is InChI=1S/C10H12BrN3S/c1-10(12-9(15)14(2)13-10)7-4-3-5-8(11)6-7/h3-6,13H,1-2H3,(H,12,15)/t10-/m0/s1. The Morgan fingerprint density at radius 3 is 2.73 bits per heavy atom. The van der Waals surface area contributed by atoms with Crippen molar-refractivity contribution in [3.8, 4) is 0 Å². The molecule has 0 aromatic heterocycles. The van der Waals surface area contributed by atoms with Gasteiger partial charge in [0.05, 0.1) is 0 Å². The molecule has 5 heteroatoms. The van der Waals surface area contributed by atoms with E-state index in [4.69, 9.17) is 12.2 Å². The number of hydrogen-bond acceptors (Lipinski definition) is 2. The van der Waals surface area contributed by atoms with E-state index in [2.05, 4.69) is 45.7 Å². The minimum atomic E-state index is -0.324. The quantitative estimate of drug-likeness (QED) is 0.772. The van der Waals surface area contributed by atoms with E-state index in [1.165, 1.54) is 0 Å². The van der Waals surface area contributed by atoms with Crippen molar-refractivity contribution in [2.45, 2.75) is 12.6 Å². The third-order valence-electron chi connectivity index (χ3n) is 2.45. The molecule has 1 heterocycles. The smallest absolute Gasteiger partial charge is 0.185 e. The molecule has 0 amide bonds. The highest BCUT2D eigenvalue weighted by molar-refractivity contribution is 9.10. The molecule has 0 saturated carbocycles. The fourth-order valence-corrected chi connectivity index (χ4v) is 2.30. The average Bonchev–Trinajstić information content (AvgIpc) is 2.42. The Hall–Kier alpha value is -0.650. The summed E-state index contributed by atoms with van der Waals surface area (Å²) >= 11 is 8.63. The first-order chi connectivity index (χ1) is 7.01. The van der Waals surface area contributed by atoms with Crippen LogP contribution in [0.4, 0.5) is 0 Å². The van der Waals surface area contributed by atoms with Crippen LogP contribution in [0.15, 0.2) is 28.7 Å². The summed E-state index contributed by atoms with van der Waals surface area (Å²) in [7, 11) is 1.90. The molecular weight excluding hydrogens is 274 g/mol. The van der Waals surface area contributed by atoms with Crippen LogP contribution in [0.25, 0.3) is 0 Å². The van der Waals surface area contributed by atoms with Gasteiger partial charge in [-0.3, -0.25) is 5.01 Å². The lowest BCUT2D eigenvalue weighted by molar-refractivity contribution is 0.266. The molecular formula is C10H12BrN3S. The van der Waals surface area contributed by atoms with Gasteiger partial charge < -0.3 is 5.32 Å². The third-order valence-corrected chi connectivity index (χ3v) is 3.32. The van der Waals surface area contributed by atoms with E-state index in [-0.39, 0.29) is 5.66 Å². The predicted molar refractivity (Wildman–Crippen MR) is 68.1 cm³/mol. The lowest BCUT2D eigenvalue weighted by Crippen LogP contribution is -2.44. The van der Waals surface area contributed by atoms with Crippen molar-refractivity contribution in [1.82, 2.24) is 15.8 Å². The van der Waals surface area contributed by atoms with Crippen molar-refractivity contribution in [3.05, 3.63) is 34.3 Å². The van der Waals surface area contributed by atoms with Crippen LogP contribution in [0.2, 0.25) is 0 Å². The Morgan fingerprint density at radius 1 is 1.47 bits per heavy atom. The van der Waals surface area contributed by atoms with Crippen LogP contribution >= 0.6 is 28.1 Å². The molecule has 1 aliphatic rings. The molecule has 1 fully saturated rings. The largest absolute Gasteiger partial charge is 0.338 e. The molecule has 0 unspecified atom stereocenters. The second-order valence-electron chi connectivity index (χ2n) is 3.74. The van der Waals surface area contributed by atoms with Gasteiger partial charge in [0.2, 0.25) is 0 Å². The molecule has 1 atom stereocenters. The molecule has 0 bridgehead atoms. The normalized spacial score (nSPS) is 25.5. The molecule has 2 rings (SSSR count). The van der Waals surface area contributed by atoms with Crippen LogP contribution < -0.4 is 10.7 Å². The van der Waals surface area contributed by atoms with E-state index < -0.39 is 0 Å². The first-order valence-corrected chi connectivity index (χ1v) is 5.81. The zero-order valence-electron chi connectivity index (χ0n) is 8.54. The van der Waals surface area contributed by atoms with Crippen LogP contribution in [-0.4, -0.2) is 17.2 Å². The molecule has 2 N–H and O–H groups in total. The van der Waals surface area contributed by atoms with E-state index in [1.54, 1.807) is 0 Å². The number of thiocarbonyl (C=S) groups is 1. The minimum absolute atomic E-state index is 0.324. The summed E-state index contributed by atoms with van der Waals surface area (Å²) in [4.78, 5) is 0. The van der Waals surface area contributed by atoms with Gasteiger partial charge in [0.1, 0.15) is 5.66 Å². The number of benzene rings is 1. The van der Waals surface area contributed by atoms with Gasteiger partial charge in [-0.15, -0.1) is 0 Å². The van der Waals surface area contributed by atoms with Crippen molar-refractivity contribution >= 4 is 33.3 Å². The Balaban J connectivity index is 2.35. The topological polar surface area (TPSA) is 27.3 Å². The van der Waals surface area contributed by atoms with Crippen LogP contribution in [-0.2, 0) is 5.66 Å². The highest BCUT2D eigenvalue weighted by Crippen LogP contribution is 2.24. The van der Waals surface area contributed by atoms with Crippen molar-refractivity contribution in [1.29, 1.82) is 0 Å². The van der Waals surface area contributed by atoms with Crippen LogP contribution in [0, 0.1) is 0 Å². The minimum Gasteiger partial charge on any atom is -0.338 e. The summed E-state index contributed by atoms with van der Waals surface area (Å²) in [6.45, 7) is 2.06. The third kappa shape index (κ3) is 2.00. The van der Waals surface area contributed by atoms with Gasteiger partial charge in [-0.2, -0.15) is 0 Å². The molecule has 1 aromatic rings. The van der Waals surface area contributed by atoms with Gasteiger partial charge in [-0.05, 0) is 36.8 Å². The predicted octanol–water partition coefficient (Wildman–Crippen LogP) is 1.95. The molecule has 0 radical (unpaired) electrons. The van der Waals surface area contributed by atoms with Crippen molar-refractivity contribution in [3.63, 3.8) is 0 Å². The van der Waals surface area contributed by atoms with Crippen LogP contribution in [0.5, 0.6) is 0 Å². The summed E-state index contributed by atoms with van der Waals surface area (Å²) in [6.07, 6.45) is 0. The Bertz CT molecular complexity index is 409. The van der Waals surface area contributed by atoms with Crippen LogP contribution in [0.1, 0.15) is 12.5 Å². The molecule has 80 valence electrons. The number of rotatable bonds is 1.